The monoisotopic (exact) mass is 411 g/mol. The van der Waals surface area contributed by atoms with Crippen LogP contribution < -0.4 is 9.64 Å². The van der Waals surface area contributed by atoms with Gasteiger partial charge in [-0.3, -0.25) is 0 Å². The Labute approximate surface area is 184 Å². The molecule has 1 saturated heterocycles. The second-order valence-corrected chi connectivity index (χ2v) is 8.36. The van der Waals surface area contributed by atoms with E-state index in [0.717, 1.165) is 38.2 Å². The van der Waals surface area contributed by atoms with Gasteiger partial charge in [-0.05, 0) is 66.3 Å². The molecule has 0 saturated carbocycles. The minimum Gasteiger partial charge on any atom is -0.489 e. The van der Waals surface area contributed by atoms with Gasteiger partial charge in [0.2, 0.25) is 0 Å². The fraction of sp³-hybridized carbons (Fsp3) is 0.296. The fourth-order valence-electron chi connectivity index (χ4n) is 4.55. The molecular weight excluding hydrogens is 382 g/mol. The van der Waals surface area contributed by atoms with Gasteiger partial charge in [0.25, 0.3) is 0 Å². The van der Waals surface area contributed by atoms with Crippen LogP contribution in [0.25, 0.3) is 10.8 Å². The molecule has 1 unspecified atom stereocenters. The number of hydrogen-bond acceptors (Lipinski definition) is 3. The molecule has 5 rings (SSSR count). The first kappa shape index (κ1) is 19.7. The number of aryl methyl sites for hydroxylation is 1. The summed E-state index contributed by atoms with van der Waals surface area (Å²) in [7, 11) is 0. The first-order chi connectivity index (χ1) is 15.3. The highest BCUT2D eigenvalue weighted by Gasteiger charge is 2.15. The predicted molar refractivity (Wildman–Crippen MR) is 127 cm³/mol. The van der Waals surface area contributed by atoms with Gasteiger partial charge in [0.05, 0.1) is 12.9 Å². The Morgan fingerprint density at radius 3 is 2.52 bits per heavy atom. The summed E-state index contributed by atoms with van der Waals surface area (Å²) in [6.45, 7) is 3.11. The Balaban J connectivity index is 1.30. The maximum atomic E-state index is 6.47. The molecule has 0 spiro atoms. The van der Waals surface area contributed by atoms with E-state index in [4.69, 9.17) is 4.74 Å². The third-order valence-corrected chi connectivity index (χ3v) is 6.20. The summed E-state index contributed by atoms with van der Waals surface area (Å²) < 4.78 is 8.58. The van der Waals surface area contributed by atoms with Crippen molar-refractivity contribution in [3.63, 3.8) is 0 Å². The Morgan fingerprint density at radius 2 is 1.71 bits per heavy atom. The number of anilines is 1. The van der Waals surface area contributed by atoms with E-state index in [0.29, 0.717) is 0 Å². The van der Waals surface area contributed by atoms with Crippen molar-refractivity contribution in [1.82, 2.24) is 9.55 Å². The van der Waals surface area contributed by atoms with Crippen molar-refractivity contribution in [3.8, 4) is 5.75 Å². The molecule has 31 heavy (non-hydrogen) atoms. The fourth-order valence-corrected chi connectivity index (χ4v) is 4.55. The molecule has 1 atom stereocenters. The normalized spacial score (nSPS) is 14.8. The zero-order chi connectivity index (χ0) is 20.9. The van der Waals surface area contributed by atoms with Gasteiger partial charge in [-0.1, -0.05) is 42.5 Å². The molecule has 4 heteroatoms. The highest BCUT2D eigenvalue weighted by Crippen LogP contribution is 2.25. The number of nitrogens with zero attached hydrogens (tertiary/aromatic N) is 3. The smallest absolute Gasteiger partial charge is 0.119 e. The molecule has 4 nitrogen and oxygen atoms in total. The summed E-state index contributed by atoms with van der Waals surface area (Å²) in [5.41, 5.74) is 2.67. The number of imidazole rings is 1. The van der Waals surface area contributed by atoms with Gasteiger partial charge in [0.15, 0.2) is 0 Å². The van der Waals surface area contributed by atoms with E-state index in [2.05, 4.69) is 81.2 Å². The van der Waals surface area contributed by atoms with E-state index >= 15 is 0 Å². The quantitative estimate of drug-likeness (QED) is 0.372. The van der Waals surface area contributed by atoms with Crippen molar-refractivity contribution >= 4 is 16.5 Å². The molecule has 0 amide bonds. The van der Waals surface area contributed by atoms with Crippen molar-refractivity contribution in [1.29, 1.82) is 0 Å². The van der Waals surface area contributed by atoms with Crippen LogP contribution in [-0.4, -0.2) is 28.7 Å². The van der Waals surface area contributed by atoms with Gasteiger partial charge in [0.1, 0.15) is 11.9 Å². The van der Waals surface area contributed by atoms with E-state index in [1.54, 1.807) is 0 Å². The predicted octanol–water partition coefficient (Wildman–Crippen LogP) is 5.72. The molecule has 0 aliphatic carbocycles. The van der Waals surface area contributed by atoms with Crippen LogP contribution in [0.5, 0.6) is 5.75 Å². The molecule has 1 fully saturated rings. The second-order valence-electron chi connectivity index (χ2n) is 8.36. The third-order valence-electron chi connectivity index (χ3n) is 6.20. The average Bonchev–Trinajstić information content (AvgIpc) is 3.53. The zero-order valence-electron chi connectivity index (χ0n) is 17.9. The molecule has 4 aromatic rings. The molecule has 0 N–H and O–H groups in total. The number of benzene rings is 3. The topological polar surface area (TPSA) is 30.3 Å². The van der Waals surface area contributed by atoms with Crippen LogP contribution in [0.15, 0.2) is 85.5 Å². The number of rotatable bonds is 8. The summed E-state index contributed by atoms with van der Waals surface area (Å²) >= 11 is 0. The van der Waals surface area contributed by atoms with Crippen LogP contribution in [0.3, 0.4) is 0 Å². The molecular formula is C27H29N3O. The van der Waals surface area contributed by atoms with E-state index in [1.807, 2.05) is 18.7 Å². The van der Waals surface area contributed by atoms with Crippen molar-refractivity contribution in [2.24, 2.45) is 0 Å². The van der Waals surface area contributed by atoms with Crippen molar-refractivity contribution in [3.05, 3.63) is 91.0 Å². The highest BCUT2D eigenvalue weighted by molar-refractivity contribution is 5.85. The third kappa shape index (κ3) is 4.74. The van der Waals surface area contributed by atoms with E-state index < -0.39 is 0 Å². The van der Waals surface area contributed by atoms with Gasteiger partial charge in [-0.15, -0.1) is 0 Å². The van der Waals surface area contributed by atoms with E-state index in [1.165, 1.54) is 34.9 Å². The lowest BCUT2D eigenvalue weighted by molar-refractivity contribution is 0.170. The molecule has 1 aliphatic rings. The minimum atomic E-state index is 0.0748. The lowest BCUT2D eigenvalue weighted by Gasteiger charge is -2.22. The van der Waals surface area contributed by atoms with Crippen LogP contribution in [0.4, 0.5) is 5.69 Å². The van der Waals surface area contributed by atoms with Crippen LogP contribution in [0.1, 0.15) is 24.8 Å². The average molecular weight is 412 g/mol. The summed E-state index contributed by atoms with van der Waals surface area (Å²) in [6, 6.07) is 23.8. The van der Waals surface area contributed by atoms with E-state index in [9.17, 15) is 0 Å². The van der Waals surface area contributed by atoms with Crippen LogP contribution in [0.2, 0.25) is 0 Å². The number of hydrogen-bond donors (Lipinski definition) is 0. The van der Waals surface area contributed by atoms with Crippen molar-refractivity contribution < 1.29 is 4.74 Å². The Bertz CT molecular complexity index is 1090. The van der Waals surface area contributed by atoms with Crippen molar-refractivity contribution in [2.45, 2.75) is 38.3 Å². The van der Waals surface area contributed by atoms with Gasteiger partial charge >= 0.3 is 0 Å². The van der Waals surface area contributed by atoms with E-state index in [-0.39, 0.29) is 6.10 Å². The Kier molecular flexibility index (Phi) is 5.87. The van der Waals surface area contributed by atoms with Gasteiger partial charge in [-0.25, -0.2) is 4.98 Å². The maximum absolute atomic E-state index is 6.47. The van der Waals surface area contributed by atoms with Gasteiger partial charge < -0.3 is 14.2 Å². The molecule has 0 radical (unpaired) electrons. The highest BCUT2D eigenvalue weighted by atomic mass is 16.5. The van der Waals surface area contributed by atoms with Crippen LogP contribution >= 0.6 is 0 Å². The Hall–Kier alpha value is -3.27. The lowest BCUT2D eigenvalue weighted by Crippen LogP contribution is -2.23. The van der Waals surface area contributed by atoms with Gasteiger partial charge in [-0.2, -0.15) is 0 Å². The van der Waals surface area contributed by atoms with Crippen molar-refractivity contribution in [2.75, 3.05) is 18.0 Å². The zero-order valence-corrected chi connectivity index (χ0v) is 17.9. The standard InChI is InChI=1S/C27H29N3O/c1-2-9-27-22(6-1)7-5-8-23(27)10-13-26(20-29-19-16-28-21-29)31-25-14-11-24(12-15-25)30-17-3-4-18-30/h1-2,5-9,11-12,14-16,19,21,26H,3-4,10,13,17-18,20H2. The molecule has 3 aromatic carbocycles. The second kappa shape index (κ2) is 9.25. The number of aromatic nitrogens is 2. The molecule has 1 aliphatic heterocycles. The summed E-state index contributed by atoms with van der Waals surface area (Å²) in [4.78, 5) is 6.65. The van der Waals surface area contributed by atoms with Crippen LogP contribution in [-0.2, 0) is 13.0 Å². The molecule has 2 heterocycles. The largest absolute Gasteiger partial charge is 0.489 e. The summed E-state index contributed by atoms with van der Waals surface area (Å²) in [5.74, 6) is 0.936. The first-order valence-electron chi connectivity index (χ1n) is 11.3. The summed E-state index contributed by atoms with van der Waals surface area (Å²) in [5, 5.41) is 2.63. The number of ether oxygens (including phenoxy) is 1. The summed E-state index contributed by atoms with van der Waals surface area (Å²) in [6.07, 6.45) is 10.3. The molecule has 1 aromatic heterocycles. The molecule has 158 valence electrons. The van der Waals surface area contributed by atoms with Gasteiger partial charge in [0, 0.05) is 31.2 Å². The Morgan fingerprint density at radius 1 is 0.903 bits per heavy atom. The SMILES string of the molecule is c1ccc2c(CCC(Cn3ccnc3)Oc3ccc(N4CCCC4)cc3)cccc2c1. The first-order valence-corrected chi connectivity index (χ1v) is 11.3. The van der Waals surface area contributed by atoms with Crippen LogP contribution in [0, 0.1) is 0 Å². The molecule has 0 bridgehead atoms. The maximum Gasteiger partial charge on any atom is 0.119 e. The number of fused-ring (bicyclic) bond motifs is 1. The minimum absolute atomic E-state index is 0.0748. The lowest BCUT2D eigenvalue weighted by atomic mass is 9.99.